The number of aryl methyl sites for hydroxylation is 1. The second kappa shape index (κ2) is 13.1. The summed E-state index contributed by atoms with van der Waals surface area (Å²) in [6.45, 7) is 6.63. The number of amides is 1. The summed E-state index contributed by atoms with van der Waals surface area (Å²) in [7, 11) is 1.68. The van der Waals surface area contributed by atoms with Gasteiger partial charge in [-0.25, -0.2) is 4.98 Å². The highest BCUT2D eigenvalue weighted by atomic mass is 32.1. The van der Waals surface area contributed by atoms with E-state index in [1.807, 2.05) is 25.3 Å². The average molecular weight is 612 g/mol. The third kappa shape index (κ3) is 6.47. The molecule has 2 aromatic heterocycles. The van der Waals surface area contributed by atoms with Crippen LogP contribution in [0.3, 0.4) is 0 Å². The summed E-state index contributed by atoms with van der Waals surface area (Å²) in [6.07, 6.45) is 5.06. The Labute approximate surface area is 254 Å². The van der Waals surface area contributed by atoms with Crippen LogP contribution in [-0.4, -0.2) is 72.5 Å². The number of halogens is 1. The van der Waals surface area contributed by atoms with E-state index in [0.29, 0.717) is 26.1 Å². The Bertz CT molecular complexity index is 1480. The molecule has 0 spiro atoms. The van der Waals surface area contributed by atoms with Crippen LogP contribution in [0.5, 0.6) is 11.6 Å². The van der Waals surface area contributed by atoms with Crippen LogP contribution < -0.4 is 20.1 Å². The maximum Gasteiger partial charge on any atom is 0.291 e. The van der Waals surface area contributed by atoms with E-state index in [9.17, 15) is 9.18 Å². The summed E-state index contributed by atoms with van der Waals surface area (Å²) in [5.41, 5.74) is 4.08. The van der Waals surface area contributed by atoms with Crippen molar-refractivity contribution in [3.8, 4) is 11.6 Å². The van der Waals surface area contributed by atoms with Gasteiger partial charge in [0.1, 0.15) is 17.4 Å². The Hall–Kier alpha value is -3.32. The molecule has 1 amide bonds. The molecule has 2 N–H and O–H groups in total. The number of rotatable bonds is 13. The van der Waals surface area contributed by atoms with Gasteiger partial charge in [0.25, 0.3) is 11.8 Å². The zero-order chi connectivity index (χ0) is 29.9. The van der Waals surface area contributed by atoms with E-state index in [1.165, 1.54) is 0 Å². The highest BCUT2D eigenvalue weighted by molar-refractivity contribution is 7.12. The average Bonchev–Trinajstić information content (AvgIpc) is 3.64. The van der Waals surface area contributed by atoms with Crippen molar-refractivity contribution in [3.63, 3.8) is 0 Å². The fourth-order valence-corrected chi connectivity index (χ4v) is 6.74. The number of carbonyl (C=O) groups is 1. The molecule has 0 radical (unpaired) electrons. The number of piperazine rings is 1. The number of aromatic nitrogens is 2. The van der Waals surface area contributed by atoms with Crippen molar-refractivity contribution in [1.82, 2.24) is 25.7 Å². The van der Waals surface area contributed by atoms with Gasteiger partial charge in [-0.05, 0) is 54.1 Å². The smallest absolute Gasteiger partial charge is 0.291 e. The number of hydrogen-bond acceptors (Lipinski definition) is 10. The number of carbonyl (C=O) groups excluding carboxylic acids is 1. The predicted molar refractivity (Wildman–Crippen MR) is 160 cm³/mol. The maximum absolute atomic E-state index is 14.4. The third-order valence-electron chi connectivity index (χ3n) is 8.27. The Balaban J connectivity index is 1.17. The van der Waals surface area contributed by atoms with E-state index in [2.05, 4.69) is 31.7 Å². The molecule has 1 aliphatic carbocycles. The van der Waals surface area contributed by atoms with E-state index < -0.39 is 5.82 Å². The van der Waals surface area contributed by atoms with Crippen molar-refractivity contribution in [2.45, 2.75) is 70.8 Å². The Morgan fingerprint density at radius 1 is 1.26 bits per heavy atom. The van der Waals surface area contributed by atoms with Gasteiger partial charge in [-0.3, -0.25) is 4.79 Å². The molecule has 2 unspecified atom stereocenters. The molecule has 230 valence electrons. The molecule has 3 aliphatic rings. The summed E-state index contributed by atoms with van der Waals surface area (Å²) < 4.78 is 35.6. The number of benzene rings is 1. The first-order valence-corrected chi connectivity index (χ1v) is 15.7. The molecule has 1 saturated heterocycles. The molecule has 10 nitrogen and oxygen atoms in total. The molecule has 2 atom stereocenters. The van der Waals surface area contributed by atoms with Gasteiger partial charge in [-0.1, -0.05) is 19.1 Å². The van der Waals surface area contributed by atoms with Gasteiger partial charge in [0.05, 0.1) is 31.2 Å². The van der Waals surface area contributed by atoms with Crippen molar-refractivity contribution < 1.29 is 27.9 Å². The molecule has 12 heteroatoms. The molecule has 4 heterocycles. The second-order valence-electron chi connectivity index (χ2n) is 11.2. The van der Waals surface area contributed by atoms with Crippen molar-refractivity contribution in [3.05, 3.63) is 62.6 Å². The maximum atomic E-state index is 14.4. The first-order chi connectivity index (χ1) is 21.0. The van der Waals surface area contributed by atoms with Gasteiger partial charge in [-0.15, -0.1) is 11.3 Å². The molecule has 6 rings (SSSR count). The van der Waals surface area contributed by atoms with Crippen LogP contribution in [0.1, 0.15) is 53.0 Å². The molecule has 1 aromatic carbocycles. The van der Waals surface area contributed by atoms with Crippen molar-refractivity contribution in [2.75, 3.05) is 33.4 Å². The first-order valence-electron chi connectivity index (χ1n) is 14.9. The topological polar surface area (TPSA) is 111 Å². The minimum absolute atomic E-state index is 0.0632. The van der Waals surface area contributed by atoms with E-state index in [1.54, 1.807) is 25.4 Å². The lowest BCUT2D eigenvalue weighted by molar-refractivity contribution is -0.128. The number of ether oxygens (including phenoxy) is 3. The van der Waals surface area contributed by atoms with Gasteiger partial charge in [-0.2, -0.15) is 4.39 Å². The first kappa shape index (κ1) is 29.7. The van der Waals surface area contributed by atoms with Crippen molar-refractivity contribution in [2.24, 2.45) is 0 Å². The molecule has 2 bridgehead atoms. The molecule has 3 aromatic rings. The standard InChI is InChI=1S/C31H38FN5O5S/c1-4-24-29(32)30(36-42-24)41-11-10-40-17-27-34-15-26(43-27)22-12-20-13-33-14-23(35-20)28(22)31(38)37(21-8-9-21)16-19-6-5-7-25(39-3)18(19)2/h5-7,15,20-21,23,33,35H,4,8-14,16-17H2,1-3H3. The summed E-state index contributed by atoms with van der Waals surface area (Å²) in [6, 6.07) is 6.46. The van der Waals surface area contributed by atoms with Gasteiger partial charge in [0.15, 0.2) is 5.76 Å². The number of nitrogens with one attached hydrogen (secondary N) is 2. The van der Waals surface area contributed by atoms with Crippen molar-refractivity contribution >= 4 is 22.8 Å². The number of thiazole rings is 1. The van der Waals surface area contributed by atoms with Crippen LogP contribution in [0.4, 0.5) is 4.39 Å². The molecule has 1 saturated carbocycles. The number of methoxy groups -OCH3 is 1. The summed E-state index contributed by atoms with van der Waals surface area (Å²) in [4.78, 5) is 22.1. The number of hydrogen-bond donors (Lipinski definition) is 2. The van der Waals surface area contributed by atoms with E-state index in [4.69, 9.17) is 18.7 Å². The molecular weight excluding hydrogens is 573 g/mol. The van der Waals surface area contributed by atoms with E-state index in [0.717, 1.165) is 63.7 Å². The third-order valence-corrected chi connectivity index (χ3v) is 9.30. The number of nitrogens with zero attached hydrogens (tertiary/aromatic N) is 3. The molecular formula is C31H38FN5O5S. The molecule has 2 aliphatic heterocycles. The fraction of sp³-hybridized carbons (Fsp3) is 0.516. The predicted octanol–water partition coefficient (Wildman–Crippen LogP) is 4.02. The van der Waals surface area contributed by atoms with Gasteiger partial charge in [0.2, 0.25) is 5.82 Å². The van der Waals surface area contributed by atoms with Crippen LogP contribution in [0.25, 0.3) is 5.57 Å². The molecule has 43 heavy (non-hydrogen) atoms. The highest BCUT2D eigenvalue weighted by Crippen LogP contribution is 2.38. The van der Waals surface area contributed by atoms with Gasteiger partial charge < -0.3 is 34.3 Å². The normalized spacial score (nSPS) is 19.9. The lowest BCUT2D eigenvalue weighted by Gasteiger charge is -2.40. The van der Waals surface area contributed by atoms with Gasteiger partial charge in [0, 0.05) is 49.9 Å². The summed E-state index contributed by atoms with van der Waals surface area (Å²) >= 11 is 1.55. The minimum atomic E-state index is -0.563. The minimum Gasteiger partial charge on any atom is -0.496 e. The summed E-state index contributed by atoms with van der Waals surface area (Å²) in [5.74, 6) is 0.391. The highest BCUT2D eigenvalue weighted by Gasteiger charge is 2.41. The van der Waals surface area contributed by atoms with Gasteiger partial charge >= 0.3 is 0 Å². The number of fused-ring (bicyclic) bond motifs is 2. The largest absolute Gasteiger partial charge is 0.496 e. The van der Waals surface area contributed by atoms with E-state index in [-0.39, 0.29) is 48.9 Å². The Morgan fingerprint density at radius 2 is 2.12 bits per heavy atom. The second-order valence-corrected chi connectivity index (χ2v) is 12.3. The SMILES string of the molecule is CCc1onc(OCCOCc2ncc(C3=C(C(=O)N(Cc4cccc(OC)c4C)C4CC4)C4CNCC(C3)N4)s2)c1F. The molecule has 2 fully saturated rings. The zero-order valence-corrected chi connectivity index (χ0v) is 25.6. The van der Waals surface area contributed by atoms with E-state index >= 15 is 0 Å². The van der Waals surface area contributed by atoms with Crippen LogP contribution in [0, 0.1) is 12.7 Å². The Kier molecular flexibility index (Phi) is 9.08. The van der Waals surface area contributed by atoms with Crippen LogP contribution in [0.2, 0.25) is 0 Å². The summed E-state index contributed by atoms with van der Waals surface area (Å²) in [5, 5.41) is 11.6. The quantitative estimate of drug-likeness (QED) is 0.277. The van der Waals surface area contributed by atoms with Crippen LogP contribution in [-0.2, 0) is 29.1 Å². The van der Waals surface area contributed by atoms with Crippen LogP contribution >= 0.6 is 11.3 Å². The lowest BCUT2D eigenvalue weighted by Crippen LogP contribution is -2.59. The van der Waals surface area contributed by atoms with Crippen LogP contribution in [0.15, 0.2) is 34.5 Å². The van der Waals surface area contributed by atoms with Crippen molar-refractivity contribution in [1.29, 1.82) is 0 Å². The fourth-order valence-electron chi connectivity index (χ4n) is 5.82. The zero-order valence-electron chi connectivity index (χ0n) is 24.8. The lowest BCUT2D eigenvalue weighted by atomic mass is 9.86. The monoisotopic (exact) mass is 611 g/mol. The Morgan fingerprint density at radius 3 is 2.88 bits per heavy atom.